The minimum Gasteiger partial charge on any atom is -0.276 e. The Morgan fingerprint density at radius 2 is 0.774 bits per heavy atom. The first-order valence-electron chi connectivity index (χ1n) is 10.4. The lowest BCUT2D eigenvalue weighted by molar-refractivity contribution is 0.564. The zero-order valence-corrected chi connectivity index (χ0v) is 26.9. The van der Waals surface area contributed by atoms with Crippen LogP contribution in [0.2, 0.25) is 0 Å². The maximum Gasteiger partial charge on any atom is 0.302 e. The molecule has 0 heterocycles. The lowest BCUT2D eigenvalue weighted by Crippen LogP contribution is -2.21. The maximum atomic E-state index is 5.59. The molecule has 0 unspecified atom stereocenters. The molecule has 13 heteroatoms. The van der Waals surface area contributed by atoms with Gasteiger partial charge in [0.2, 0.25) is 0 Å². The molecule has 0 saturated heterocycles. The van der Waals surface area contributed by atoms with Gasteiger partial charge in [-0.1, -0.05) is 0 Å². The first-order chi connectivity index (χ1) is 13.5. The maximum absolute atomic E-state index is 5.59. The highest BCUT2D eigenvalue weighted by molar-refractivity contribution is 7.81. The highest BCUT2D eigenvalue weighted by atomic mass is 31.2. The Balaban J connectivity index is 8.20. The second kappa shape index (κ2) is 11.0. The Labute approximate surface area is 194 Å². The summed E-state index contributed by atoms with van der Waals surface area (Å²) in [6.45, 7) is 15.3. The molecule has 0 aliphatic heterocycles. The van der Waals surface area contributed by atoms with Gasteiger partial charge < -0.3 is 0 Å². The van der Waals surface area contributed by atoms with Gasteiger partial charge in [-0.05, 0) is 118 Å². The van der Waals surface area contributed by atoms with Gasteiger partial charge in [0.05, 0.1) is 5.54 Å². The van der Waals surface area contributed by atoms with E-state index in [1.54, 1.807) is 0 Å². The van der Waals surface area contributed by atoms with Crippen LogP contribution in [-0.2, 0) is 0 Å². The van der Waals surface area contributed by atoms with Gasteiger partial charge in [-0.3, -0.25) is 23.4 Å². The van der Waals surface area contributed by atoms with E-state index in [9.17, 15) is 0 Å². The summed E-state index contributed by atoms with van der Waals surface area (Å²) in [5.74, 6) is 0. The Kier molecular flexibility index (Phi) is 11.2. The van der Waals surface area contributed by atoms with Crippen LogP contribution in [0, 0.1) is 0 Å². The van der Waals surface area contributed by atoms with Crippen molar-refractivity contribution in [3.8, 4) is 0 Å². The number of hydrogen-bond donors (Lipinski definition) is 0. The Morgan fingerprint density at radius 3 is 0.968 bits per heavy atom. The third kappa shape index (κ3) is 8.46. The highest BCUT2D eigenvalue weighted by Crippen LogP contribution is 2.75. The lowest BCUT2D eigenvalue weighted by atomic mass is 10.1. The molecule has 0 fully saturated rings. The molecule has 0 N–H and O–H groups in total. The molecule has 0 bridgehead atoms. The first-order valence-corrected chi connectivity index (χ1v) is 18.8. The normalized spacial score (nSPS) is 14.8. The molecule has 0 aliphatic rings. The molecule has 0 aromatic carbocycles. The van der Waals surface area contributed by atoms with Crippen LogP contribution in [0.5, 0.6) is 0 Å². The fraction of sp³-hybridized carbons (Fsp3) is 1.00. The summed E-state index contributed by atoms with van der Waals surface area (Å²) in [6.07, 6.45) is 0. The third-order valence-electron chi connectivity index (χ3n) is 5.36. The van der Waals surface area contributed by atoms with Gasteiger partial charge in [-0.15, -0.1) is 0 Å². The summed E-state index contributed by atoms with van der Waals surface area (Å²) in [5.41, 5.74) is -0.316. The zero-order chi connectivity index (χ0) is 25.2. The van der Waals surface area contributed by atoms with Gasteiger partial charge >= 0.3 is 7.51 Å². The standard InChI is InChI=1S/C18H51N9P4/c1-18(2,3)19-31(20-28(14,15)23(4)5,21-29(16,24(6)7)25(8)9)22-30(17,26(10)11)27(12)13/h1-17H3. The van der Waals surface area contributed by atoms with Gasteiger partial charge in [-0.2, -0.15) is 9.03 Å². The molecule has 0 atom stereocenters. The van der Waals surface area contributed by atoms with Crippen molar-refractivity contribution in [1.82, 2.24) is 23.4 Å². The molecule has 0 aromatic rings. The van der Waals surface area contributed by atoms with E-state index in [0.717, 1.165) is 0 Å². The van der Waals surface area contributed by atoms with E-state index in [-0.39, 0.29) is 5.54 Å². The summed E-state index contributed by atoms with van der Waals surface area (Å²) in [6, 6.07) is 0. The lowest BCUT2D eigenvalue weighted by Gasteiger charge is -2.38. The van der Waals surface area contributed by atoms with Crippen LogP contribution in [0.4, 0.5) is 0 Å². The van der Waals surface area contributed by atoms with Crippen LogP contribution in [0.3, 0.4) is 0 Å². The molecule has 9 nitrogen and oxygen atoms in total. The molecular formula is C18H51N9P4. The molecule has 0 aromatic heterocycles. The molecule has 0 saturated carbocycles. The van der Waals surface area contributed by atoms with Gasteiger partial charge in [0.15, 0.2) is 0 Å². The predicted octanol–water partition coefficient (Wildman–Crippen LogP) is 6.24. The molecule has 31 heavy (non-hydrogen) atoms. The smallest absolute Gasteiger partial charge is 0.276 e. The van der Waals surface area contributed by atoms with Crippen molar-refractivity contribution in [1.29, 1.82) is 0 Å². The van der Waals surface area contributed by atoms with Gasteiger partial charge in [0, 0.05) is 7.21 Å². The minimum atomic E-state index is -2.81. The van der Waals surface area contributed by atoms with Crippen LogP contribution >= 0.6 is 29.4 Å². The van der Waals surface area contributed by atoms with Crippen molar-refractivity contribution in [2.45, 2.75) is 26.3 Å². The van der Waals surface area contributed by atoms with E-state index in [1.165, 1.54) is 0 Å². The van der Waals surface area contributed by atoms with E-state index in [1.807, 2.05) is 0 Å². The molecule has 0 amide bonds. The van der Waals surface area contributed by atoms with Crippen LogP contribution in [0.25, 0.3) is 0 Å². The van der Waals surface area contributed by atoms with Gasteiger partial charge in [-0.25, -0.2) is 9.26 Å². The summed E-state index contributed by atoms with van der Waals surface area (Å²) in [7, 11) is 12.3. The van der Waals surface area contributed by atoms with Crippen LogP contribution in [0.1, 0.15) is 20.8 Å². The molecule has 0 rings (SSSR count). The molecule has 188 valence electrons. The van der Waals surface area contributed by atoms with Crippen molar-refractivity contribution >= 4 is 29.4 Å². The van der Waals surface area contributed by atoms with E-state index < -0.39 is 29.4 Å². The highest BCUT2D eigenvalue weighted by Gasteiger charge is 2.34. The largest absolute Gasteiger partial charge is 0.302 e. The summed E-state index contributed by atoms with van der Waals surface area (Å²) < 4.78 is 33.2. The average molecular weight is 518 g/mol. The Hall–Kier alpha value is 0.720. The molecular weight excluding hydrogens is 466 g/mol. The van der Waals surface area contributed by atoms with Gasteiger partial charge in [0.25, 0.3) is 0 Å². The van der Waals surface area contributed by atoms with E-state index in [0.29, 0.717) is 0 Å². The molecule has 0 radical (unpaired) electrons. The predicted molar refractivity (Wildman–Crippen MR) is 149 cm³/mol. The topological polar surface area (TPSA) is 65.6 Å². The van der Waals surface area contributed by atoms with Crippen molar-refractivity contribution in [2.75, 3.05) is 97.1 Å². The first kappa shape index (κ1) is 31.7. The van der Waals surface area contributed by atoms with Crippen molar-refractivity contribution in [2.24, 2.45) is 18.3 Å². The van der Waals surface area contributed by atoms with Crippen molar-refractivity contribution < 1.29 is 0 Å². The van der Waals surface area contributed by atoms with E-state index in [4.69, 9.17) is 18.3 Å². The van der Waals surface area contributed by atoms with E-state index in [2.05, 4.69) is 141 Å². The van der Waals surface area contributed by atoms with Crippen molar-refractivity contribution in [3.05, 3.63) is 0 Å². The van der Waals surface area contributed by atoms with Gasteiger partial charge in [0.1, 0.15) is 14.7 Å². The summed E-state index contributed by atoms with van der Waals surface area (Å²) >= 11 is 0. The SMILES string of the molecule is CN(C)P(C)(C)=NP(=NC(C)(C)C)(N=P(C)(N(C)C)N(C)C)N=P(C)(N(C)C)N(C)C. The average Bonchev–Trinajstić information content (AvgIpc) is 2.51. The molecule has 0 spiro atoms. The quantitative estimate of drug-likeness (QED) is 0.357. The second-order valence-corrected chi connectivity index (χ2v) is 24.0. The fourth-order valence-electron chi connectivity index (χ4n) is 2.38. The number of rotatable bonds is 8. The number of nitrogens with zero attached hydrogens (tertiary/aromatic N) is 9. The monoisotopic (exact) mass is 517 g/mol. The van der Waals surface area contributed by atoms with Crippen LogP contribution in [0.15, 0.2) is 18.3 Å². The van der Waals surface area contributed by atoms with Crippen LogP contribution < -0.4 is 0 Å². The van der Waals surface area contributed by atoms with Crippen molar-refractivity contribution in [3.63, 3.8) is 0 Å². The number of hydrogen-bond acceptors (Lipinski definition) is 1. The fourth-order valence-corrected chi connectivity index (χ4v) is 15.7. The zero-order valence-electron chi connectivity index (χ0n) is 23.3. The van der Waals surface area contributed by atoms with E-state index >= 15 is 0 Å². The third-order valence-corrected chi connectivity index (χ3v) is 21.6. The van der Waals surface area contributed by atoms with Crippen LogP contribution in [-0.4, -0.2) is 126 Å². The Morgan fingerprint density at radius 1 is 0.484 bits per heavy atom. The Bertz CT molecular complexity index is 761. The minimum absolute atomic E-state index is 0.316. The summed E-state index contributed by atoms with van der Waals surface area (Å²) in [4.78, 5) is 0. The summed E-state index contributed by atoms with van der Waals surface area (Å²) in [5, 5.41) is 0. The molecule has 0 aliphatic carbocycles. The second-order valence-electron chi connectivity index (χ2n) is 10.4.